The molecule has 3 unspecified atom stereocenters. The van der Waals surface area contributed by atoms with Gasteiger partial charge in [0.15, 0.2) is 0 Å². The van der Waals surface area contributed by atoms with Crippen molar-refractivity contribution in [1.29, 1.82) is 0 Å². The van der Waals surface area contributed by atoms with Gasteiger partial charge in [0, 0.05) is 6.04 Å². The third-order valence-electron chi connectivity index (χ3n) is 3.76. The van der Waals surface area contributed by atoms with Gasteiger partial charge in [-0.25, -0.2) is 8.78 Å². The molecule has 0 saturated heterocycles. The zero-order valence-electron chi connectivity index (χ0n) is 10.5. The zero-order chi connectivity index (χ0) is 13.5. The van der Waals surface area contributed by atoms with E-state index in [1.165, 1.54) is 0 Å². The van der Waals surface area contributed by atoms with E-state index in [0.717, 1.165) is 24.6 Å². The Morgan fingerprint density at radius 3 is 2.61 bits per heavy atom. The first kappa shape index (κ1) is 13.6. The van der Waals surface area contributed by atoms with Crippen LogP contribution in [0.4, 0.5) is 8.78 Å². The maximum Gasteiger partial charge on any atom is 0.139 e. The molecule has 0 radical (unpaired) electrons. The molecular weight excluding hydrogens is 256 g/mol. The van der Waals surface area contributed by atoms with Crippen LogP contribution in [-0.2, 0) is 10.8 Å². The van der Waals surface area contributed by atoms with Crippen molar-refractivity contribution in [1.82, 2.24) is 0 Å². The van der Waals surface area contributed by atoms with Crippen LogP contribution in [0.3, 0.4) is 0 Å². The highest BCUT2D eigenvalue weighted by Gasteiger charge is 2.43. The summed E-state index contributed by atoms with van der Waals surface area (Å²) in [4.78, 5) is -0.0758. The fourth-order valence-corrected chi connectivity index (χ4v) is 4.18. The Hall–Kier alpha value is -0.810. The molecule has 0 amide bonds. The number of halogens is 2. The highest BCUT2D eigenvalue weighted by Crippen LogP contribution is 2.40. The van der Waals surface area contributed by atoms with E-state index in [9.17, 15) is 13.0 Å². The lowest BCUT2D eigenvalue weighted by molar-refractivity contribution is 0.333. The maximum atomic E-state index is 13.6. The molecule has 2 N–H and O–H groups in total. The molecule has 3 atom stereocenters. The van der Waals surface area contributed by atoms with Gasteiger partial charge in [0.05, 0.1) is 20.9 Å². The van der Waals surface area contributed by atoms with Gasteiger partial charge in [0.1, 0.15) is 11.6 Å². The number of benzene rings is 1. The van der Waals surface area contributed by atoms with E-state index < -0.39 is 22.4 Å². The summed E-state index contributed by atoms with van der Waals surface area (Å²) in [5.41, 5.74) is 5.97. The summed E-state index contributed by atoms with van der Waals surface area (Å²) in [7, 11) is -1.60. The van der Waals surface area contributed by atoms with E-state index in [-0.39, 0.29) is 21.6 Å². The average molecular weight is 273 g/mol. The van der Waals surface area contributed by atoms with Crippen molar-refractivity contribution in [3.8, 4) is 0 Å². The summed E-state index contributed by atoms with van der Waals surface area (Å²) in [6, 6.07) is 2.77. The van der Waals surface area contributed by atoms with E-state index >= 15 is 0 Å². The maximum absolute atomic E-state index is 13.6. The number of hydrogen-bond donors (Lipinski definition) is 1. The van der Waals surface area contributed by atoms with Gasteiger partial charge in [-0.1, -0.05) is 13.8 Å². The van der Waals surface area contributed by atoms with Crippen molar-refractivity contribution in [2.24, 2.45) is 11.1 Å². The van der Waals surface area contributed by atoms with Crippen LogP contribution in [0.1, 0.15) is 26.7 Å². The standard InChI is InChI=1S/C13H17F2NOS/c1-13(2)6-5-10(12(13)16)18(17)11-7-8(14)3-4-9(11)15/h3-4,7,10,12H,5-6,16H2,1-2H3. The third-order valence-corrected chi connectivity index (χ3v) is 5.59. The van der Waals surface area contributed by atoms with Crippen molar-refractivity contribution >= 4 is 10.8 Å². The highest BCUT2D eigenvalue weighted by molar-refractivity contribution is 7.85. The predicted molar refractivity (Wildman–Crippen MR) is 67.5 cm³/mol. The van der Waals surface area contributed by atoms with Crippen molar-refractivity contribution in [2.45, 2.75) is 42.9 Å². The van der Waals surface area contributed by atoms with Crippen molar-refractivity contribution in [3.05, 3.63) is 29.8 Å². The molecule has 1 aromatic rings. The Kier molecular flexibility index (Phi) is 3.56. The minimum atomic E-state index is -1.60. The Morgan fingerprint density at radius 1 is 1.39 bits per heavy atom. The lowest BCUT2D eigenvalue weighted by Gasteiger charge is -2.26. The molecule has 0 spiro atoms. The SMILES string of the molecule is CC1(C)CCC(S(=O)c2cc(F)ccc2F)C1N. The summed E-state index contributed by atoms with van der Waals surface area (Å²) in [6.45, 7) is 4.02. The van der Waals surface area contributed by atoms with Gasteiger partial charge in [-0.05, 0) is 36.5 Å². The summed E-state index contributed by atoms with van der Waals surface area (Å²) >= 11 is 0. The van der Waals surface area contributed by atoms with E-state index in [1.54, 1.807) is 0 Å². The molecule has 2 rings (SSSR count). The van der Waals surface area contributed by atoms with E-state index in [1.807, 2.05) is 13.8 Å². The second-order valence-electron chi connectivity index (χ2n) is 5.46. The molecule has 2 nitrogen and oxygen atoms in total. The van der Waals surface area contributed by atoms with Crippen LogP contribution in [0.2, 0.25) is 0 Å². The van der Waals surface area contributed by atoms with Crippen LogP contribution in [-0.4, -0.2) is 15.5 Å². The molecule has 1 aliphatic rings. The number of rotatable bonds is 2. The van der Waals surface area contributed by atoms with Crippen molar-refractivity contribution in [3.63, 3.8) is 0 Å². The van der Waals surface area contributed by atoms with Crippen LogP contribution in [0.5, 0.6) is 0 Å². The van der Waals surface area contributed by atoms with Crippen LogP contribution in [0.15, 0.2) is 23.1 Å². The second kappa shape index (κ2) is 4.70. The quantitative estimate of drug-likeness (QED) is 0.900. The predicted octanol–water partition coefficient (Wildman–Crippen LogP) is 2.59. The van der Waals surface area contributed by atoms with Crippen molar-refractivity contribution in [2.75, 3.05) is 0 Å². The summed E-state index contributed by atoms with van der Waals surface area (Å²) in [5, 5.41) is -0.309. The molecular formula is C13H17F2NOS. The minimum Gasteiger partial charge on any atom is -0.326 e. The summed E-state index contributed by atoms with van der Waals surface area (Å²) in [5.74, 6) is -1.21. The average Bonchev–Trinajstić information content (AvgIpc) is 2.57. The molecule has 18 heavy (non-hydrogen) atoms. The fourth-order valence-electron chi connectivity index (χ4n) is 2.40. The normalized spacial score (nSPS) is 28.3. The van der Waals surface area contributed by atoms with Gasteiger partial charge in [0.25, 0.3) is 0 Å². The van der Waals surface area contributed by atoms with Gasteiger partial charge >= 0.3 is 0 Å². The van der Waals surface area contributed by atoms with Gasteiger partial charge in [-0.15, -0.1) is 0 Å². The molecule has 1 saturated carbocycles. The smallest absolute Gasteiger partial charge is 0.139 e. The summed E-state index contributed by atoms with van der Waals surface area (Å²) < 4.78 is 39.0. The fraction of sp³-hybridized carbons (Fsp3) is 0.538. The highest BCUT2D eigenvalue weighted by atomic mass is 32.2. The van der Waals surface area contributed by atoms with Crippen LogP contribution in [0.25, 0.3) is 0 Å². The van der Waals surface area contributed by atoms with Crippen LogP contribution < -0.4 is 5.73 Å². The van der Waals surface area contributed by atoms with Crippen LogP contribution >= 0.6 is 0 Å². The third kappa shape index (κ3) is 2.34. The molecule has 100 valence electrons. The molecule has 0 heterocycles. The molecule has 0 bridgehead atoms. The Balaban J connectivity index is 2.30. The second-order valence-corrected chi connectivity index (χ2v) is 7.10. The lowest BCUT2D eigenvalue weighted by Crippen LogP contribution is -2.41. The minimum absolute atomic E-state index is 0.0758. The number of nitrogens with two attached hydrogens (primary N) is 1. The van der Waals surface area contributed by atoms with Gasteiger partial charge < -0.3 is 5.73 Å². The van der Waals surface area contributed by atoms with Gasteiger partial charge in [-0.3, -0.25) is 4.21 Å². The van der Waals surface area contributed by atoms with Crippen molar-refractivity contribution < 1.29 is 13.0 Å². The summed E-state index contributed by atoms with van der Waals surface area (Å²) in [6.07, 6.45) is 1.53. The Morgan fingerprint density at radius 2 is 2.06 bits per heavy atom. The Bertz CT molecular complexity index is 490. The zero-order valence-corrected chi connectivity index (χ0v) is 11.3. The first-order valence-electron chi connectivity index (χ1n) is 5.94. The van der Waals surface area contributed by atoms with Gasteiger partial charge in [-0.2, -0.15) is 0 Å². The Labute approximate surface area is 108 Å². The number of hydrogen-bond acceptors (Lipinski definition) is 2. The van der Waals surface area contributed by atoms with E-state index in [4.69, 9.17) is 5.73 Å². The molecule has 1 aromatic carbocycles. The lowest BCUT2D eigenvalue weighted by atomic mass is 9.88. The first-order chi connectivity index (χ1) is 8.33. The monoisotopic (exact) mass is 273 g/mol. The topological polar surface area (TPSA) is 43.1 Å². The molecule has 0 aliphatic heterocycles. The molecule has 0 aromatic heterocycles. The molecule has 1 fully saturated rings. The molecule has 5 heteroatoms. The van der Waals surface area contributed by atoms with Gasteiger partial charge in [0.2, 0.25) is 0 Å². The van der Waals surface area contributed by atoms with E-state index in [0.29, 0.717) is 6.42 Å². The van der Waals surface area contributed by atoms with E-state index in [2.05, 4.69) is 0 Å². The largest absolute Gasteiger partial charge is 0.326 e. The first-order valence-corrected chi connectivity index (χ1v) is 7.15. The van der Waals surface area contributed by atoms with Crippen LogP contribution in [0, 0.1) is 17.0 Å². The molecule has 1 aliphatic carbocycles.